The Hall–Kier alpha value is -4.04. The average Bonchev–Trinajstić information content (AvgIpc) is 3.41. The third-order valence-electron chi connectivity index (χ3n) is 7.10. The average molecular weight is 525 g/mol. The Morgan fingerprint density at radius 1 is 1.05 bits per heavy atom. The number of carbonyl (C=O) groups excluding carboxylic acids is 1. The zero-order valence-electron chi connectivity index (χ0n) is 22.3. The van der Waals surface area contributed by atoms with Gasteiger partial charge in [-0.05, 0) is 99.1 Å². The molecule has 4 heterocycles. The van der Waals surface area contributed by atoms with Crippen LogP contribution in [0.3, 0.4) is 0 Å². The number of nitrogens with zero attached hydrogens (tertiary/aromatic N) is 4. The normalized spacial score (nSPS) is 17.0. The van der Waals surface area contributed by atoms with E-state index in [2.05, 4.69) is 63.2 Å². The summed E-state index contributed by atoms with van der Waals surface area (Å²) in [6.45, 7) is 10.1. The fourth-order valence-corrected chi connectivity index (χ4v) is 5.50. The minimum atomic E-state index is -0.150. The molecule has 7 nitrogen and oxygen atoms in total. The number of hydrogen-bond donors (Lipinski definition) is 2. The monoisotopic (exact) mass is 524 g/mol. The molecule has 194 valence electrons. The highest BCUT2D eigenvalue weighted by Gasteiger charge is 2.42. The highest BCUT2D eigenvalue weighted by Crippen LogP contribution is 2.44. The predicted molar refractivity (Wildman–Crippen MR) is 156 cm³/mol. The van der Waals surface area contributed by atoms with E-state index in [1.54, 1.807) is 0 Å². The van der Waals surface area contributed by atoms with Crippen molar-refractivity contribution in [2.75, 3.05) is 10.2 Å². The lowest BCUT2D eigenvalue weighted by molar-refractivity contribution is -0.115. The lowest BCUT2D eigenvalue weighted by atomic mass is 9.96. The van der Waals surface area contributed by atoms with E-state index < -0.39 is 0 Å². The van der Waals surface area contributed by atoms with Crippen molar-refractivity contribution in [3.63, 3.8) is 0 Å². The van der Waals surface area contributed by atoms with Gasteiger partial charge in [-0.2, -0.15) is 0 Å². The minimum absolute atomic E-state index is 0.00976. The van der Waals surface area contributed by atoms with Crippen LogP contribution < -0.4 is 15.5 Å². The van der Waals surface area contributed by atoms with Gasteiger partial charge in [0.1, 0.15) is 5.82 Å². The number of pyridine rings is 2. The van der Waals surface area contributed by atoms with Crippen molar-refractivity contribution in [2.45, 2.75) is 53.1 Å². The fourth-order valence-electron chi connectivity index (χ4n) is 5.16. The lowest BCUT2D eigenvalue weighted by Crippen LogP contribution is -2.29. The van der Waals surface area contributed by atoms with Crippen LogP contribution in [0.4, 0.5) is 11.4 Å². The summed E-state index contributed by atoms with van der Waals surface area (Å²) < 4.78 is 2.19. The molecule has 1 aromatic carbocycles. The molecule has 0 aliphatic carbocycles. The predicted octanol–water partition coefficient (Wildman–Crippen LogP) is 6.03. The van der Waals surface area contributed by atoms with E-state index in [0.717, 1.165) is 51.0 Å². The first-order valence-electron chi connectivity index (χ1n) is 12.8. The van der Waals surface area contributed by atoms with Crippen LogP contribution in [-0.4, -0.2) is 25.6 Å². The van der Waals surface area contributed by atoms with Gasteiger partial charge in [0, 0.05) is 41.6 Å². The highest BCUT2D eigenvalue weighted by atomic mass is 32.1. The summed E-state index contributed by atoms with van der Waals surface area (Å²) in [5, 5.41) is 7.16. The van der Waals surface area contributed by atoms with E-state index in [1.165, 1.54) is 0 Å². The largest absolute Gasteiger partial charge is 0.351 e. The van der Waals surface area contributed by atoms with Gasteiger partial charge >= 0.3 is 0 Å². The summed E-state index contributed by atoms with van der Waals surface area (Å²) in [6.07, 6.45) is 4.14. The van der Waals surface area contributed by atoms with Crippen molar-refractivity contribution in [2.24, 2.45) is 0 Å². The number of aryl methyl sites for hydroxylation is 3. The van der Waals surface area contributed by atoms with Crippen LogP contribution in [-0.2, 0) is 4.79 Å². The topological polar surface area (TPSA) is 75.1 Å². The van der Waals surface area contributed by atoms with E-state index in [1.807, 2.05) is 63.5 Å². The van der Waals surface area contributed by atoms with Crippen molar-refractivity contribution < 1.29 is 4.79 Å². The molecule has 4 aromatic rings. The molecule has 2 atom stereocenters. The molecule has 2 N–H and O–H groups in total. The molecule has 38 heavy (non-hydrogen) atoms. The molecule has 0 unspecified atom stereocenters. The first-order chi connectivity index (χ1) is 18.3. The molecule has 0 spiro atoms. The molecule has 1 aliphatic heterocycles. The van der Waals surface area contributed by atoms with Gasteiger partial charge in [0.15, 0.2) is 5.11 Å². The summed E-state index contributed by atoms with van der Waals surface area (Å²) in [4.78, 5) is 23.5. The highest BCUT2D eigenvalue weighted by molar-refractivity contribution is 7.80. The zero-order valence-corrected chi connectivity index (χ0v) is 23.1. The van der Waals surface area contributed by atoms with E-state index in [-0.39, 0.29) is 18.0 Å². The Kier molecular flexibility index (Phi) is 6.99. The number of carbonyl (C=O) groups is 1. The fraction of sp³-hybridized carbons (Fsp3) is 0.267. The SMILES string of the molecule is CCC(=O)Nc1ccc(N2C(=S)N[C@@H](c3ccccn3)[C@H]2c2cc(C)n(-c3ccc(C)cn3)c2C)cc1C. The zero-order chi connectivity index (χ0) is 27.0. The molecular formula is C30H32N6OS. The Morgan fingerprint density at radius 3 is 2.53 bits per heavy atom. The quantitative estimate of drug-likeness (QED) is 0.300. The number of benzene rings is 1. The molecule has 1 amide bonds. The Morgan fingerprint density at radius 2 is 1.87 bits per heavy atom. The molecule has 8 heteroatoms. The van der Waals surface area contributed by atoms with E-state index >= 15 is 0 Å². The van der Waals surface area contributed by atoms with Gasteiger partial charge in [0.2, 0.25) is 5.91 Å². The van der Waals surface area contributed by atoms with Crippen LogP contribution >= 0.6 is 12.2 Å². The van der Waals surface area contributed by atoms with Crippen LogP contribution in [0, 0.1) is 27.7 Å². The summed E-state index contributed by atoms with van der Waals surface area (Å²) in [5.74, 6) is 0.877. The molecule has 1 fully saturated rings. The van der Waals surface area contributed by atoms with Crippen LogP contribution in [0.1, 0.15) is 59.2 Å². The Balaban J connectivity index is 1.63. The summed E-state index contributed by atoms with van der Waals surface area (Å²) in [5.41, 5.74) is 8.12. The molecule has 0 bridgehead atoms. The number of amides is 1. The first kappa shape index (κ1) is 25.6. The van der Waals surface area contributed by atoms with Crippen LogP contribution in [0.2, 0.25) is 0 Å². The van der Waals surface area contributed by atoms with Crippen molar-refractivity contribution in [1.29, 1.82) is 0 Å². The molecule has 1 saturated heterocycles. The van der Waals surface area contributed by atoms with Crippen LogP contribution in [0.5, 0.6) is 0 Å². The number of thiocarbonyl (C=S) groups is 1. The van der Waals surface area contributed by atoms with Gasteiger partial charge in [-0.25, -0.2) is 4.98 Å². The molecule has 3 aromatic heterocycles. The van der Waals surface area contributed by atoms with E-state index in [0.29, 0.717) is 11.5 Å². The molecule has 0 saturated carbocycles. The van der Waals surface area contributed by atoms with Gasteiger partial charge in [-0.1, -0.05) is 19.1 Å². The van der Waals surface area contributed by atoms with Crippen LogP contribution in [0.25, 0.3) is 5.82 Å². The van der Waals surface area contributed by atoms with Crippen molar-refractivity contribution >= 4 is 34.6 Å². The molecular weight excluding hydrogens is 492 g/mol. The number of aromatic nitrogens is 3. The minimum Gasteiger partial charge on any atom is -0.351 e. The first-order valence-corrected chi connectivity index (χ1v) is 13.2. The number of anilines is 2. The maximum Gasteiger partial charge on any atom is 0.224 e. The molecule has 1 aliphatic rings. The standard InChI is InChI=1S/C30H32N6OS/c1-6-27(37)33-24-12-11-22(15-19(24)3)36-29(28(34-30(36)38)25-9-7-8-14-31-25)23-16-20(4)35(21(23)5)26-13-10-18(2)17-32-26/h7-17,28-29H,6H2,1-5H3,(H,33,37)(H,34,38)/t28-,29+/m0/s1. The molecule has 5 rings (SSSR count). The Labute approximate surface area is 228 Å². The number of nitrogens with one attached hydrogen (secondary N) is 2. The second-order valence-corrected chi connectivity index (χ2v) is 10.1. The summed E-state index contributed by atoms with van der Waals surface area (Å²) >= 11 is 5.93. The summed E-state index contributed by atoms with van der Waals surface area (Å²) in [7, 11) is 0. The second kappa shape index (κ2) is 10.4. The van der Waals surface area contributed by atoms with Gasteiger partial charge in [-0.15, -0.1) is 0 Å². The molecule has 0 radical (unpaired) electrons. The number of rotatable bonds is 6. The smallest absolute Gasteiger partial charge is 0.224 e. The van der Waals surface area contributed by atoms with Crippen LogP contribution in [0.15, 0.2) is 67.0 Å². The van der Waals surface area contributed by atoms with E-state index in [4.69, 9.17) is 17.2 Å². The van der Waals surface area contributed by atoms with Crippen molar-refractivity contribution in [3.8, 4) is 5.82 Å². The van der Waals surface area contributed by atoms with E-state index in [9.17, 15) is 4.79 Å². The van der Waals surface area contributed by atoms with Gasteiger partial charge in [-0.3, -0.25) is 9.78 Å². The Bertz CT molecular complexity index is 1500. The third kappa shape index (κ3) is 4.67. The van der Waals surface area contributed by atoms with Gasteiger partial charge in [0.25, 0.3) is 0 Å². The van der Waals surface area contributed by atoms with Crippen molar-refractivity contribution in [3.05, 3.63) is 101 Å². The van der Waals surface area contributed by atoms with Crippen molar-refractivity contribution in [1.82, 2.24) is 19.9 Å². The third-order valence-corrected chi connectivity index (χ3v) is 7.41. The number of hydrogen-bond acceptors (Lipinski definition) is 4. The van der Waals surface area contributed by atoms with Gasteiger partial charge < -0.3 is 20.1 Å². The lowest BCUT2D eigenvalue weighted by Gasteiger charge is -2.29. The maximum absolute atomic E-state index is 12.0. The summed E-state index contributed by atoms with van der Waals surface area (Å²) in [6, 6.07) is 18.1. The second-order valence-electron chi connectivity index (χ2n) is 9.75. The van der Waals surface area contributed by atoms with Gasteiger partial charge in [0.05, 0.1) is 17.8 Å². The maximum atomic E-state index is 12.0.